The van der Waals surface area contributed by atoms with E-state index in [9.17, 15) is 0 Å². The van der Waals surface area contributed by atoms with Gasteiger partial charge in [-0.2, -0.15) is 0 Å². The number of aryl methyl sites for hydroxylation is 3. The second-order valence-corrected chi connectivity index (χ2v) is 33.4. The largest absolute Gasteiger partial charge is 0.493 e. The Hall–Kier alpha value is -11.6. The monoisotopic (exact) mass is 1520 g/mol. The van der Waals surface area contributed by atoms with Gasteiger partial charge in [0.05, 0.1) is 27.4 Å². The zero-order valence-electron chi connectivity index (χ0n) is 65.4. The van der Waals surface area contributed by atoms with Gasteiger partial charge in [-0.15, -0.1) is 22.7 Å². The van der Waals surface area contributed by atoms with Crippen molar-refractivity contribution < 1.29 is 23.9 Å². The van der Waals surface area contributed by atoms with Gasteiger partial charge in [-0.3, -0.25) is 19.2 Å². The van der Waals surface area contributed by atoms with Crippen LogP contribution in [-0.4, -0.2) is 30.2 Å². The van der Waals surface area contributed by atoms with Crippen molar-refractivity contribution in [3.8, 4) is 83.0 Å². The molecule has 18 rings (SSSR count). The highest BCUT2D eigenvalue weighted by Crippen LogP contribution is 2.56. The third-order valence-electron chi connectivity index (χ3n) is 24.2. The fraction of sp³-hybridized carbons (Fsp3) is 0.219. The number of nitrogens with zero attached hydrogens (tertiary/aromatic N) is 2. The van der Waals surface area contributed by atoms with Crippen LogP contribution in [0, 0.1) is 20.8 Å². The lowest BCUT2D eigenvalue weighted by Gasteiger charge is -2.32. The van der Waals surface area contributed by atoms with E-state index < -0.39 is 23.6 Å². The van der Waals surface area contributed by atoms with Gasteiger partial charge in [0.25, 0.3) is 23.6 Å². The average Bonchev–Trinajstić information content (AvgIpc) is 0.964. The van der Waals surface area contributed by atoms with E-state index in [1.54, 1.807) is 22.7 Å². The van der Waals surface area contributed by atoms with E-state index in [1.165, 1.54) is 118 Å². The first-order chi connectivity index (χ1) is 56.0. The fourth-order valence-corrected chi connectivity index (χ4v) is 21.0. The number of anilines is 2. The van der Waals surface area contributed by atoms with Gasteiger partial charge >= 0.3 is 0 Å². The molecule has 0 radical (unpaired) electrons. The lowest BCUT2D eigenvalue weighted by Crippen LogP contribution is -2.41. The maximum absolute atomic E-state index is 16.7. The van der Waals surface area contributed by atoms with Crippen LogP contribution in [0.15, 0.2) is 254 Å². The lowest BCUT2D eigenvalue weighted by atomic mass is 9.79. The molecule has 2 aliphatic heterocycles. The van der Waals surface area contributed by atoms with Gasteiger partial charge in [0.15, 0.2) is 0 Å². The first-order valence-corrected chi connectivity index (χ1v) is 43.0. The SMILES string of the molecule is CCCCCCCCCCCCCCCCCCCCOc1c(C)c2cc(-c3cc4c5c(ccc6c7c(C)cc8c9c(ccc(c3c56)c97)C(=O)N(c3cc(-c5ccccc5)c(-c5ccccc5)c(-c5ccccc5)c3)C8=O)C(=O)N(c3cc(-c5ccccc5)c(-c5ccccc5)c(-c5ccccc5)c3)C4=O)sc2c2scc(C)c12. The normalized spacial score (nSPS) is 12.9. The second-order valence-electron chi connectivity index (χ2n) is 31.5. The van der Waals surface area contributed by atoms with Gasteiger partial charge in [-0.25, -0.2) is 9.80 Å². The summed E-state index contributed by atoms with van der Waals surface area (Å²) in [6, 6.07) is 83.8. The minimum absolute atomic E-state index is 0.404. The lowest BCUT2D eigenvalue weighted by molar-refractivity contribution is 0.0877. The topological polar surface area (TPSA) is 84.0 Å². The Morgan fingerprint density at radius 3 is 1.09 bits per heavy atom. The summed E-state index contributed by atoms with van der Waals surface area (Å²) < 4.78 is 9.33. The van der Waals surface area contributed by atoms with Crippen LogP contribution >= 0.6 is 22.7 Å². The molecule has 0 saturated heterocycles. The maximum atomic E-state index is 16.7. The van der Waals surface area contributed by atoms with Crippen molar-refractivity contribution in [2.24, 2.45) is 0 Å². The highest BCUT2D eigenvalue weighted by Gasteiger charge is 2.41. The number of amides is 4. The molecule has 114 heavy (non-hydrogen) atoms. The summed E-state index contributed by atoms with van der Waals surface area (Å²) in [5.41, 5.74) is 17.7. The van der Waals surface area contributed by atoms with E-state index in [0.717, 1.165) is 159 Å². The number of fused-ring (bicyclic) bond motifs is 5. The molecule has 0 atom stereocenters. The summed E-state index contributed by atoms with van der Waals surface area (Å²) in [7, 11) is 0. The molecule has 0 spiro atoms. The van der Waals surface area contributed by atoms with Crippen LogP contribution in [0.2, 0.25) is 0 Å². The Balaban J connectivity index is 0.762. The molecule has 0 N–H and O–H groups in total. The van der Waals surface area contributed by atoms with Crippen LogP contribution in [0.4, 0.5) is 11.4 Å². The van der Waals surface area contributed by atoms with E-state index >= 15 is 19.2 Å². The predicted molar refractivity (Wildman–Crippen MR) is 480 cm³/mol. The molecule has 0 fully saturated rings. The zero-order chi connectivity index (χ0) is 77.5. The van der Waals surface area contributed by atoms with Crippen molar-refractivity contribution in [1.29, 1.82) is 0 Å². The molecule has 4 amide bonds. The van der Waals surface area contributed by atoms with Crippen molar-refractivity contribution in [3.63, 3.8) is 0 Å². The molecule has 0 unspecified atom stereocenters. The first kappa shape index (κ1) is 73.8. The predicted octanol–water partition coefficient (Wildman–Crippen LogP) is 29.8. The molecular formula is C105H92N2O5S2. The van der Waals surface area contributed by atoms with Gasteiger partial charge in [-0.05, 0) is 197 Å². The number of rotatable bonds is 29. The molecule has 4 heterocycles. The summed E-state index contributed by atoms with van der Waals surface area (Å²) in [6.07, 6.45) is 23.8. The molecule has 7 nitrogen and oxygen atoms in total. The summed E-state index contributed by atoms with van der Waals surface area (Å²) in [5, 5.41) is 10.5. The van der Waals surface area contributed by atoms with Gasteiger partial charge in [0, 0.05) is 59.8 Å². The second kappa shape index (κ2) is 32.1. The van der Waals surface area contributed by atoms with Crippen LogP contribution in [0.5, 0.6) is 5.75 Å². The Bertz CT molecular complexity index is 6240. The third-order valence-corrected chi connectivity index (χ3v) is 26.6. The quantitative estimate of drug-likeness (QED) is 0.0202. The highest BCUT2D eigenvalue weighted by molar-refractivity contribution is 7.28. The Morgan fingerprint density at radius 2 is 0.667 bits per heavy atom. The average molecular weight is 1530 g/mol. The molecule has 16 aromatic rings. The van der Waals surface area contributed by atoms with Crippen LogP contribution in [0.25, 0.3) is 140 Å². The van der Waals surface area contributed by atoms with Crippen LogP contribution < -0.4 is 14.5 Å². The standard InChI is InChI=1S/C105H92N2O5S2/c1-5-6-7-8-9-10-11-12-13-14-15-16-17-18-19-20-21-40-57-112-99-68(4)81-64-89(114-100(81)101-91(99)67(3)65-113-101)86-63-88-96-80(103(109)107(105(88)111)76-61-84(71-45-32-24-33-46-71)93(74-51-38-27-39-52-74)85(62-76)72-47-34-25-35-48-72)55-53-77-90-66(2)58-87-95-79(56-54-78(97(90)95)94(86)98(77)96)102(108)106(104(87)110)75-59-82(69-41-28-22-29-42-69)92(73-49-36-26-37-50-73)83(60-75)70-43-30-23-31-44-70/h22-39,41-56,58-65H,5-21,40,57H2,1-4H3. The number of hydrogen-bond acceptors (Lipinski definition) is 7. The maximum Gasteiger partial charge on any atom is 0.266 e. The minimum atomic E-state index is -0.432. The van der Waals surface area contributed by atoms with Gasteiger partial charge in [0.2, 0.25) is 0 Å². The molecule has 2 aliphatic rings. The molecule has 564 valence electrons. The number of carbonyl (C=O) groups excluding carboxylic acids is 4. The van der Waals surface area contributed by atoms with E-state index in [4.69, 9.17) is 4.74 Å². The third kappa shape index (κ3) is 13.4. The van der Waals surface area contributed by atoms with Gasteiger partial charge in [-0.1, -0.05) is 310 Å². The minimum Gasteiger partial charge on any atom is -0.493 e. The number of unbranched alkanes of at least 4 members (excludes halogenated alkanes) is 17. The molecule has 14 aromatic carbocycles. The van der Waals surface area contributed by atoms with E-state index in [0.29, 0.717) is 51.0 Å². The molecular weight excluding hydrogens is 1430 g/mol. The molecule has 0 aliphatic carbocycles. The molecule has 0 saturated carbocycles. The number of benzene rings is 14. The van der Waals surface area contributed by atoms with Gasteiger partial charge < -0.3 is 4.74 Å². The summed E-state index contributed by atoms with van der Waals surface area (Å²) in [4.78, 5) is 69.1. The summed E-state index contributed by atoms with van der Waals surface area (Å²) in [6.45, 7) is 9.35. The fourth-order valence-electron chi connectivity index (χ4n) is 18.6. The van der Waals surface area contributed by atoms with E-state index in [2.05, 4.69) is 111 Å². The van der Waals surface area contributed by atoms with Gasteiger partial charge in [0.1, 0.15) is 5.75 Å². The number of ether oxygens (including phenoxy) is 1. The van der Waals surface area contributed by atoms with E-state index in [-0.39, 0.29) is 0 Å². The van der Waals surface area contributed by atoms with Crippen molar-refractivity contribution in [3.05, 3.63) is 293 Å². The van der Waals surface area contributed by atoms with Crippen molar-refractivity contribution >= 4 is 121 Å². The molecule has 9 heteroatoms. The summed E-state index contributed by atoms with van der Waals surface area (Å²) >= 11 is 3.46. The van der Waals surface area contributed by atoms with E-state index in [1.807, 2.05) is 171 Å². The molecule has 0 bridgehead atoms. The zero-order valence-corrected chi connectivity index (χ0v) is 67.1. The van der Waals surface area contributed by atoms with Crippen molar-refractivity contribution in [2.45, 2.75) is 143 Å². The van der Waals surface area contributed by atoms with Crippen molar-refractivity contribution in [2.75, 3.05) is 16.4 Å². The Morgan fingerprint density at radius 1 is 0.298 bits per heavy atom. The molecule has 2 aromatic heterocycles. The highest BCUT2D eigenvalue weighted by atomic mass is 32.1. The van der Waals surface area contributed by atoms with Crippen molar-refractivity contribution in [1.82, 2.24) is 0 Å². The van der Waals surface area contributed by atoms with Crippen LogP contribution in [0.1, 0.15) is 181 Å². The Labute approximate surface area is 675 Å². The van der Waals surface area contributed by atoms with Crippen LogP contribution in [0.3, 0.4) is 0 Å². The number of imide groups is 2. The summed E-state index contributed by atoms with van der Waals surface area (Å²) in [5.74, 6) is -0.788. The number of carbonyl (C=O) groups is 4. The smallest absolute Gasteiger partial charge is 0.266 e. The van der Waals surface area contributed by atoms with Crippen LogP contribution in [-0.2, 0) is 0 Å². The number of thiophene rings is 2. The Kier molecular flexibility index (Phi) is 20.8. The number of hydrogen-bond donors (Lipinski definition) is 0. The first-order valence-electron chi connectivity index (χ1n) is 41.3.